The maximum Gasteiger partial charge on any atom is 0.232 e. The second kappa shape index (κ2) is 11.1. The number of carbonyl (C=O) groups excluding carboxylic acids is 1. The number of carbonyl (C=O) groups is 1. The van der Waals surface area contributed by atoms with Gasteiger partial charge in [-0.05, 0) is 75.8 Å². The molecule has 1 atom stereocenters. The van der Waals surface area contributed by atoms with Gasteiger partial charge in [-0.25, -0.2) is 9.97 Å². The minimum absolute atomic E-state index is 0.116. The Morgan fingerprint density at radius 3 is 2.71 bits per heavy atom. The predicted octanol–water partition coefficient (Wildman–Crippen LogP) is 4.35. The first-order chi connectivity index (χ1) is 19.8. The van der Waals surface area contributed by atoms with Crippen molar-refractivity contribution in [2.75, 3.05) is 50.1 Å². The molecule has 0 N–H and O–H groups in total. The van der Waals surface area contributed by atoms with Crippen LogP contribution >= 0.6 is 11.6 Å². The van der Waals surface area contributed by atoms with Crippen LogP contribution in [0.1, 0.15) is 28.8 Å². The van der Waals surface area contributed by atoms with Crippen molar-refractivity contribution in [3.63, 3.8) is 0 Å². The number of hydrogen-bond donors (Lipinski definition) is 0. The van der Waals surface area contributed by atoms with E-state index in [0.717, 1.165) is 60.7 Å². The first-order valence-corrected chi connectivity index (χ1v) is 14.2. The summed E-state index contributed by atoms with van der Waals surface area (Å²) < 4.78 is 7.91. The number of anilines is 2. The number of rotatable bonds is 8. The molecule has 0 bridgehead atoms. The second-order valence-electron chi connectivity index (χ2n) is 11.0. The average molecular weight is 573 g/mol. The Labute approximate surface area is 243 Å². The monoisotopic (exact) mass is 572 g/mol. The van der Waals surface area contributed by atoms with Crippen molar-refractivity contribution in [2.24, 2.45) is 0 Å². The molecule has 1 aromatic carbocycles. The Kier molecular flexibility index (Phi) is 7.40. The van der Waals surface area contributed by atoms with Crippen LogP contribution in [-0.2, 0) is 0 Å². The van der Waals surface area contributed by atoms with Crippen molar-refractivity contribution >= 4 is 40.3 Å². The molecular weight excluding hydrogens is 540 g/mol. The highest BCUT2D eigenvalue weighted by molar-refractivity contribution is 6.31. The lowest BCUT2D eigenvalue weighted by Crippen LogP contribution is -2.57. The van der Waals surface area contributed by atoms with Gasteiger partial charge in [-0.3, -0.25) is 9.59 Å². The molecule has 2 aliphatic heterocycles. The zero-order valence-electron chi connectivity index (χ0n) is 23.5. The summed E-state index contributed by atoms with van der Waals surface area (Å²) in [6.07, 6.45) is 7.71. The van der Waals surface area contributed by atoms with Crippen LogP contribution in [0.5, 0.6) is 5.88 Å². The lowest BCUT2D eigenvalue weighted by Gasteiger charge is -2.43. The molecule has 3 aromatic heterocycles. The number of hydrogen-bond acceptors (Lipinski definition) is 8. The zero-order chi connectivity index (χ0) is 28.7. The normalized spacial score (nSPS) is 17.3. The van der Waals surface area contributed by atoms with Gasteiger partial charge in [-0.15, -0.1) is 0 Å². The molecule has 0 aliphatic carbocycles. The molecule has 1 unspecified atom stereocenters. The van der Waals surface area contributed by atoms with E-state index in [1.165, 1.54) is 0 Å². The molecule has 2 aliphatic rings. The first-order valence-electron chi connectivity index (χ1n) is 13.9. The van der Waals surface area contributed by atoms with Crippen molar-refractivity contribution in [1.82, 2.24) is 19.4 Å². The molecule has 0 saturated carbocycles. The fraction of sp³-hybridized carbons (Fsp3) is 0.355. The molecule has 0 spiro atoms. The third-order valence-corrected chi connectivity index (χ3v) is 8.51. The summed E-state index contributed by atoms with van der Waals surface area (Å²) in [5.74, 6) is 1.34. The minimum Gasteiger partial charge on any atom is -0.474 e. The van der Waals surface area contributed by atoms with Crippen LogP contribution in [0.15, 0.2) is 59.8 Å². The highest BCUT2D eigenvalue weighted by atomic mass is 35.5. The maximum absolute atomic E-state index is 13.2. The zero-order valence-corrected chi connectivity index (χ0v) is 24.2. The minimum atomic E-state index is -0.271. The van der Waals surface area contributed by atoms with Crippen molar-refractivity contribution in [3.05, 3.63) is 81.4 Å². The largest absolute Gasteiger partial charge is 0.474 e. The topological polar surface area (TPSA) is 83.8 Å². The smallest absolute Gasteiger partial charge is 0.232 e. The van der Waals surface area contributed by atoms with Gasteiger partial charge in [0, 0.05) is 49.1 Å². The van der Waals surface area contributed by atoms with Gasteiger partial charge < -0.3 is 24.0 Å². The van der Waals surface area contributed by atoms with Crippen LogP contribution < -0.4 is 20.0 Å². The number of aryl methyl sites for hydroxylation is 1. The summed E-state index contributed by atoms with van der Waals surface area (Å²) in [6.45, 7) is 5.19. The molecular formula is C31H33ClN6O3. The lowest BCUT2D eigenvalue weighted by atomic mass is 10.0. The van der Waals surface area contributed by atoms with Gasteiger partial charge in [0.25, 0.3) is 0 Å². The molecule has 0 radical (unpaired) electrons. The second-order valence-corrected chi connectivity index (χ2v) is 11.5. The van der Waals surface area contributed by atoms with E-state index in [2.05, 4.69) is 39.8 Å². The summed E-state index contributed by atoms with van der Waals surface area (Å²) in [5.41, 5.74) is 3.35. The van der Waals surface area contributed by atoms with Crippen LogP contribution in [0.3, 0.4) is 0 Å². The van der Waals surface area contributed by atoms with Crippen LogP contribution in [0, 0.1) is 6.92 Å². The van der Waals surface area contributed by atoms with E-state index in [1.807, 2.05) is 29.7 Å². The lowest BCUT2D eigenvalue weighted by molar-refractivity contribution is 0.112. The third kappa shape index (κ3) is 5.15. The molecule has 41 heavy (non-hydrogen) atoms. The number of likely N-dealkylation sites (N-methyl/N-ethyl adjacent to an activating group) is 1. The Morgan fingerprint density at radius 1 is 1.17 bits per heavy atom. The summed E-state index contributed by atoms with van der Waals surface area (Å²) in [7, 11) is 4.18. The van der Waals surface area contributed by atoms with E-state index in [9.17, 15) is 9.59 Å². The molecule has 10 heteroatoms. The van der Waals surface area contributed by atoms with Crippen LogP contribution in [-0.4, -0.2) is 78.1 Å². The van der Waals surface area contributed by atoms with Gasteiger partial charge in [-0.1, -0.05) is 11.6 Å². The molecule has 0 amide bonds. The Hall–Kier alpha value is -3.95. The van der Waals surface area contributed by atoms with Crippen LogP contribution in [0.4, 0.5) is 11.5 Å². The first kappa shape index (κ1) is 27.2. The molecule has 9 nitrogen and oxygen atoms in total. The maximum atomic E-state index is 13.2. The Morgan fingerprint density at radius 2 is 2.00 bits per heavy atom. The summed E-state index contributed by atoms with van der Waals surface area (Å²) >= 11 is 6.26. The number of ether oxygens (including phenoxy) is 1. The molecule has 2 fully saturated rings. The number of benzene rings is 1. The van der Waals surface area contributed by atoms with Gasteiger partial charge in [0.05, 0.1) is 29.0 Å². The van der Waals surface area contributed by atoms with E-state index in [1.54, 1.807) is 30.7 Å². The van der Waals surface area contributed by atoms with Crippen molar-refractivity contribution < 1.29 is 9.53 Å². The fourth-order valence-electron chi connectivity index (χ4n) is 5.75. The number of fused-ring (bicyclic) bond motifs is 1. The molecule has 4 aromatic rings. The fourth-order valence-corrected chi connectivity index (χ4v) is 5.93. The third-order valence-electron chi connectivity index (χ3n) is 8.23. The number of nitrogens with zero attached hydrogens (tertiary/aromatic N) is 6. The van der Waals surface area contributed by atoms with Crippen LogP contribution in [0.25, 0.3) is 16.6 Å². The number of pyridine rings is 3. The van der Waals surface area contributed by atoms with Gasteiger partial charge >= 0.3 is 0 Å². The van der Waals surface area contributed by atoms with E-state index < -0.39 is 0 Å². The van der Waals surface area contributed by atoms with Crippen molar-refractivity contribution in [3.8, 4) is 11.6 Å². The van der Waals surface area contributed by atoms with Crippen LogP contribution in [0.2, 0.25) is 5.02 Å². The Balaban J connectivity index is 1.34. The average Bonchev–Trinajstić information content (AvgIpc) is 3.41. The molecule has 5 heterocycles. The molecule has 212 valence electrons. The van der Waals surface area contributed by atoms with Gasteiger partial charge in [-0.2, -0.15) is 0 Å². The number of halogens is 1. The van der Waals surface area contributed by atoms with E-state index in [0.29, 0.717) is 35.2 Å². The Bertz CT molecular complexity index is 1650. The number of aldehydes is 1. The highest BCUT2D eigenvalue weighted by Gasteiger charge is 2.30. The SMILES string of the molecule is Cc1cc2c(=O)c(C=O)cn(-c3ccc(N4CC(N(C)C)C4)nc3)c2cc1N1CCCC1COc1ncccc1Cl. The quantitative estimate of drug-likeness (QED) is 0.288. The van der Waals surface area contributed by atoms with Gasteiger partial charge in [0.15, 0.2) is 11.7 Å². The predicted molar refractivity (Wildman–Crippen MR) is 162 cm³/mol. The van der Waals surface area contributed by atoms with Crippen molar-refractivity contribution in [1.29, 1.82) is 0 Å². The summed E-state index contributed by atoms with van der Waals surface area (Å²) in [5, 5.41) is 0.990. The number of aromatic nitrogens is 3. The molecule has 2 saturated heterocycles. The molecule has 6 rings (SSSR count). The van der Waals surface area contributed by atoms with E-state index in [-0.39, 0.29) is 17.0 Å². The van der Waals surface area contributed by atoms with E-state index in [4.69, 9.17) is 21.3 Å². The van der Waals surface area contributed by atoms with Crippen molar-refractivity contribution in [2.45, 2.75) is 31.8 Å². The summed E-state index contributed by atoms with van der Waals surface area (Å²) in [6, 6.07) is 12.1. The van der Waals surface area contributed by atoms with Gasteiger partial charge in [0.1, 0.15) is 17.4 Å². The van der Waals surface area contributed by atoms with E-state index >= 15 is 0 Å². The summed E-state index contributed by atoms with van der Waals surface area (Å²) in [4.78, 5) is 40.9. The van der Waals surface area contributed by atoms with Gasteiger partial charge in [0.2, 0.25) is 5.88 Å². The highest BCUT2D eigenvalue weighted by Crippen LogP contribution is 2.33. The standard InChI is InChI=1S/C31H33ClN6O3/c1-20-12-25-28(13-27(20)37-11-5-6-23(37)19-41-31-26(32)7-4-10-33-31)38(15-21(18-39)30(25)40)22-8-9-29(34-14-22)36-16-24(17-36)35(2)3/h4,7-10,12-15,18,23-24H,5-6,11,16-17,19H2,1-3H3.